The summed E-state index contributed by atoms with van der Waals surface area (Å²) < 4.78 is 26.1. The Labute approximate surface area is 235 Å². The zero-order chi connectivity index (χ0) is 27.3. The van der Waals surface area contributed by atoms with Crippen LogP contribution in [0.1, 0.15) is 72.4 Å². The van der Waals surface area contributed by atoms with Gasteiger partial charge in [0.15, 0.2) is 5.79 Å². The molecule has 0 amide bonds. The van der Waals surface area contributed by atoms with Crippen molar-refractivity contribution in [3.63, 3.8) is 0 Å². The van der Waals surface area contributed by atoms with E-state index < -0.39 is 11.4 Å². The van der Waals surface area contributed by atoms with Gasteiger partial charge >= 0.3 is 5.97 Å². The summed E-state index contributed by atoms with van der Waals surface area (Å²) >= 11 is 3.89. The summed E-state index contributed by atoms with van der Waals surface area (Å²) in [5.74, 6) is 0.248. The first-order valence-electron chi connectivity index (χ1n) is 13.9. The van der Waals surface area contributed by atoms with E-state index >= 15 is 0 Å². The molecule has 1 aliphatic heterocycles. The lowest BCUT2D eigenvalue weighted by Crippen LogP contribution is -2.28. The number of ether oxygens (including phenoxy) is 4. The van der Waals surface area contributed by atoms with Crippen LogP contribution in [0.3, 0.4) is 0 Å². The molecule has 2 aliphatic rings. The van der Waals surface area contributed by atoms with E-state index in [-0.39, 0.29) is 18.7 Å². The molecule has 2 aromatic rings. The maximum absolute atomic E-state index is 11.9. The predicted molar refractivity (Wildman–Crippen MR) is 151 cm³/mol. The van der Waals surface area contributed by atoms with Crippen LogP contribution in [0.15, 0.2) is 34.8 Å². The van der Waals surface area contributed by atoms with Crippen molar-refractivity contribution < 1.29 is 23.7 Å². The average molecular weight is 592 g/mol. The van der Waals surface area contributed by atoms with E-state index in [0.717, 1.165) is 60.9 Å². The van der Waals surface area contributed by atoms with E-state index in [1.54, 1.807) is 0 Å². The van der Waals surface area contributed by atoms with E-state index in [0.29, 0.717) is 25.0 Å². The number of carbonyl (C=O) groups excluding carboxylic acids is 1. The molecular weight excluding hydrogens is 548 g/mol. The van der Waals surface area contributed by atoms with Gasteiger partial charge in [0.1, 0.15) is 12.2 Å². The van der Waals surface area contributed by atoms with Crippen molar-refractivity contribution in [1.82, 2.24) is 9.78 Å². The Balaban J connectivity index is 1.34. The SMILES string of the molecule is CC(C)(C)OC(=O)COC[C@H]1CC[C@@H](Cn2nc(CC[C@@H]3COC(C)(C)O3)c(Br)c2-c2ccccc2)CC1. The van der Waals surface area contributed by atoms with Crippen molar-refractivity contribution in [2.24, 2.45) is 11.8 Å². The molecule has 4 rings (SSSR count). The number of esters is 1. The number of benzene rings is 1. The van der Waals surface area contributed by atoms with Gasteiger partial charge < -0.3 is 18.9 Å². The summed E-state index contributed by atoms with van der Waals surface area (Å²) in [5.41, 5.74) is 2.91. The van der Waals surface area contributed by atoms with E-state index in [9.17, 15) is 4.79 Å². The molecular formula is C30H43BrN2O5. The Hall–Kier alpha value is -1.74. The van der Waals surface area contributed by atoms with Crippen molar-refractivity contribution in [1.29, 1.82) is 0 Å². The number of aryl methyl sites for hydroxylation is 1. The zero-order valence-electron chi connectivity index (χ0n) is 23.5. The van der Waals surface area contributed by atoms with Crippen LogP contribution in [0.4, 0.5) is 0 Å². The number of carbonyl (C=O) groups is 1. The van der Waals surface area contributed by atoms with Gasteiger partial charge in [0.05, 0.1) is 35.2 Å². The van der Waals surface area contributed by atoms with Crippen molar-refractivity contribution in [3.8, 4) is 11.3 Å². The number of rotatable bonds is 10. The van der Waals surface area contributed by atoms with E-state index in [1.807, 2.05) is 40.7 Å². The van der Waals surface area contributed by atoms with Gasteiger partial charge in [-0.15, -0.1) is 0 Å². The fourth-order valence-electron chi connectivity index (χ4n) is 5.36. The number of halogens is 1. The lowest BCUT2D eigenvalue weighted by molar-refractivity contribution is -0.160. The molecule has 2 heterocycles. The first-order chi connectivity index (χ1) is 18.0. The molecule has 8 heteroatoms. The molecule has 38 heavy (non-hydrogen) atoms. The summed E-state index contributed by atoms with van der Waals surface area (Å²) in [6, 6.07) is 10.5. The van der Waals surface area contributed by atoms with Crippen LogP contribution in [0.25, 0.3) is 11.3 Å². The van der Waals surface area contributed by atoms with E-state index in [4.69, 9.17) is 24.0 Å². The summed E-state index contributed by atoms with van der Waals surface area (Å²) in [4.78, 5) is 11.9. The molecule has 1 aromatic heterocycles. The first kappa shape index (κ1) is 29.2. The molecule has 1 aromatic carbocycles. The molecule has 0 radical (unpaired) electrons. The lowest BCUT2D eigenvalue weighted by atomic mass is 9.82. The Bertz CT molecular complexity index is 1050. The van der Waals surface area contributed by atoms with Crippen LogP contribution in [0, 0.1) is 11.8 Å². The second-order valence-electron chi connectivity index (χ2n) is 12.1. The van der Waals surface area contributed by atoms with Crippen LogP contribution in [0.2, 0.25) is 0 Å². The predicted octanol–water partition coefficient (Wildman–Crippen LogP) is 6.56. The van der Waals surface area contributed by atoms with Gasteiger partial charge in [0, 0.05) is 12.1 Å². The molecule has 0 N–H and O–H groups in total. The van der Waals surface area contributed by atoms with Crippen LogP contribution in [-0.4, -0.2) is 53.1 Å². The monoisotopic (exact) mass is 590 g/mol. The quantitative estimate of drug-likeness (QED) is 0.292. The number of aromatic nitrogens is 2. The van der Waals surface area contributed by atoms with Gasteiger partial charge in [-0.05, 0) is 101 Å². The second-order valence-corrected chi connectivity index (χ2v) is 12.9. The van der Waals surface area contributed by atoms with Crippen molar-refractivity contribution >= 4 is 21.9 Å². The third kappa shape index (κ3) is 8.38. The highest BCUT2D eigenvalue weighted by molar-refractivity contribution is 9.10. The molecule has 0 spiro atoms. The average Bonchev–Trinajstić information content (AvgIpc) is 3.35. The van der Waals surface area contributed by atoms with Crippen molar-refractivity contribution in [2.75, 3.05) is 19.8 Å². The molecule has 1 atom stereocenters. The maximum Gasteiger partial charge on any atom is 0.332 e. The van der Waals surface area contributed by atoms with Crippen LogP contribution in [0.5, 0.6) is 0 Å². The summed E-state index contributed by atoms with van der Waals surface area (Å²) in [5, 5.41) is 5.09. The van der Waals surface area contributed by atoms with Crippen LogP contribution in [-0.2, 0) is 36.7 Å². The Morgan fingerprint density at radius 3 is 2.45 bits per heavy atom. The number of nitrogens with zero attached hydrogens (tertiary/aromatic N) is 2. The normalized spacial score (nSPS) is 23.5. The molecule has 1 aliphatic carbocycles. The second kappa shape index (κ2) is 12.6. The molecule has 210 valence electrons. The van der Waals surface area contributed by atoms with Crippen LogP contribution >= 0.6 is 15.9 Å². The Morgan fingerprint density at radius 2 is 1.82 bits per heavy atom. The van der Waals surface area contributed by atoms with Gasteiger partial charge in [-0.2, -0.15) is 5.10 Å². The third-order valence-corrected chi connectivity index (χ3v) is 8.00. The zero-order valence-corrected chi connectivity index (χ0v) is 25.1. The van der Waals surface area contributed by atoms with Crippen LogP contribution < -0.4 is 0 Å². The largest absolute Gasteiger partial charge is 0.458 e. The fourth-order valence-corrected chi connectivity index (χ4v) is 6.07. The van der Waals surface area contributed by atoms with Gasteiger partial charge in [0.2, 0.25) is 0 Å². The molecule has 0 bridgehead atoms. The third-order valence-electron chi connectivity index (χ3n) is 7.17. The highest BCUT2D eigenvalue weighted by Crippen LogP contribution is 2.36. The molecule has 7 nitrogen and oxygen atoms in total. The number of hydrogen-bond donors (Lipinski definition) is 0. The van der Waals surface area contributed by atoms with E-state index in [1.165, 1.54) is 5.56 Å². The van der Waals surface area contributed by atoms with Gasteiger partial charge in [-0.1, -0.05) is 30.3 Å². The van der Waals surface area contributed by atoms with Crippen molar-refractivity contribution in [3.05, 3.63) is 40.5 Å². The van der Waals surface area contributed by atoms with Gasteiger partial charge in [0.25, 0.3) is 0 Å². The highest BCUT2D eigenvalue weighted by Gasteiger charge is 2.33. The summed E-state index contributed by atoms with van der Waals surface area (Å²) in [7, 11) is 0. The maximum atomic E-state index is 11.9. The minimum Gasteiger partial charge on any atom is -0.458 e. The number of hydrogen-bond acceptors (Lipinski definition) is 6. The standard InChI is InChI=1S/C30H43BrN2O5/c1-29(2,3)38-26(34)20-35-18-22-13-11-21(12-14-22)17-33-28(23-9-7-6-8-10-23)27(31)25(32-33)16-15-24-19-36-30(4,5)37-24/h6-10,21-22,24H,11-20H2,1-5H3/t21-,22+,24-/m1/s1. The lowest BCUT2D eigenvalue weighted by Gasteiger charge is -2.28. The Kier molecular flexibility index (Phi) is 9.72. The summed E-state index contributed by atoms with van der Waals surface area (Å²) in [6.07, 6.45) is 6.26. The van der Waals surface area contributed by atoms with Gasteiger partial charge in [-0.25, -0.2) is 4.79 Å². The minimum atomic E-state index is -0.504. The first-order valence-corrected chi connectivity index (χ1v) is 14.7. The molecule has 0 unspecified atom stereocenters. The summed E-state index contributed by atoms with van der Waals surface area (Å²) in [6.45, 7) is 11.7. The topological polar surface area (TPSA) is 71.8 Å². The smallest absolute Gasteiger partial charge is 0.332 e. The van der Waals surface area contributed by atoms with Crippen molar-refractivity contribution in [2.45, 2.75) is 97.2 Å². The highest BCUT2D eigenvalue weighted by atomic mass is 79.9. The molecule has 1 saturated carbocycles. The van der Waals surface area contributed by atoms with Gasteiger partial charge in [-0.3, -0.25) is 4.68 Å². The molecule has 2 fully saturated rings. The molecule has 1 saturated heterocycles. The minimum absolute atomic E-state index is 0.0250. The van der Waals surface area contributed by atoms with E-state index in [2.05, 4.69) is 44.9 Å². The Morgan fingerprint density at radius 1 is 1.13 bits per heavy atom. The fraction of sp³-hybridized carbons (Fsp3) is 0.667.